The molecule has 1 aromatic rings. The highest BCUT2D eigenvalue weighted by atomic mass is 79.9. The molecule has 3 heteroatoms. The maximum atomic E-state index is 13.1. The minimum atomic E-state index is -0.243. The van der Waals surface area contributed by atoms with Crippen LogP contribution in [0.1, 0.15) is 17.5 Å². The van der Waals surface area contributed by atoms with Gasteiger partial charge in [0.25, 0.3) is 0 Å². The molecule has 13 heavy (non-hydrogen) atoms. The van der Waals surface area contributed by atoms with Crippen molar-refractivity contribution in [2.75, 3.05) is 0 Å². The summed E-state index contributed by atoms with van der Waals surface area (Å²) in [6, 6.07) is 3.23. The predicted octanol–water partition coefficient (Wildman–Crippen LogP) is 2.65. The molecule has 0 unspecified atom stereocenters. The summed E-state index contributed by atoms with van der Waals surface area (Å²) in [4.78, 5) is 11.1. The first kappa shape index (κ1) is 8.88. The Kier molecular flexibility index (Phi) is 2.20. The summed E-state index contributed by atoms with van der Waals surface area (Å²) in [6.45, 7) is 0. The van der Waals surface area contributed by atoms with Crippen molar-refractivity contribution in [1.29, 1.82) is 0 Å². The number of halogens is 2. The Morgan fingerprint density at radius 2 is 2.00 bits per heavy atom. The van der Waals surface area contributed by atoms with Crippen molar-refractivity contribution in [3.05, 3.63) is 33.5 Å². The van der Waals surface area contributed by atoms with Crippen molar-refractivity contribution in [2.24, 2.45) is 0 Å². The Hall–Kier alpha value is -0.700. The number of carbonyl (C=O) groups excluding carboxylic acids is 1. The van der Waals surface area contributed by atoms with E-state index in [2.05, 4.69) is 15.9 Å². The molecule has 0 fully saturated rings. The summed E-state index contributed by atoms with van der Waals surface area (Å²) in [6.07, 6.45) is 1.68. The van der Waals surface area contributed by atoms with Gasteiger partial charge in [0, 0.05) is 12.8 Å². The van der Waals surface area contributed by atoms with Crippen LogP contribution in [0.15, 0.2) is 16.6 Å². The van der Waals surface area contributed by atoms with Gasteiger partial charge in [0.05, 0.1) is 4.47 Å². The lowest BCUT2D eigenvalue weighted by Crippen LogP contribution is -2.13. The maximum absolute atomic E-state index is 13.1. The molecule has 1 aliphatic rings. The number of benzene rings is 1. The van der Waals surface area contributed by atoms with Crippen LogP contribution < -0.4 is 0 Å². The van der Waals surface area contributed by atoms with Crippen molar-refractivity contribution >= 4 is 21.7 Å². The van der Waals surface area contributed by atoms with E-state index in [9.17, 15) is 9.18 Å². The van der Waals surface area contributed by atoms with Gasteiger partial charge in [-0.15, -0.1) is 0 Å². The monoisotopic (exact) mass is 242 g/mol. The molecule has 0 aromatic heterocycles. The first-order valence-corrected chi connectivity index (χ1v) is 4.94. The second kappa shape index (κ2) is 3.22. The van der Waals surface area contributed by atoms with E-state index >= 15 is 0 Å². The number of ketones is 1. The zero-order valence-electron chi connectivity index (χ0n) is 6.94. The van der Waals surface area contributed by atoms with Crippen LogP contribution in [0.5, 0.6) is 0 Å². The quantitative estimate of drug-likeness (QED) is 0.684. The lowest BCUT2D eigenvalue weighted by atomic mass is 9.91. The molecule has 68 valence electrons. The van der Waals surface area contributed by atoms with E-state index in [0.29, 0.717) is 23.7 Å². The summed E-state index contributed by atoms with van der Waals surface area (Å²) in [7, 11) is 0. The molecule has 0 saturated carbocycles. The SMILES string of the molecule is O=C1CCc2cc(F)c(Br)cc2C1. The molecule has 0 atom stereocenters. The Bertz CT molecular complexity index is 373. The normalized spacial score (nSPS) is 15.7. The third-order valence-electron chi connectivity index (χ3n) is 2.30. The molecule has 1 aromatic carbocycles. The predicted molar refractivity (Wildman–Crippen MR) is 51.1 cm³/mol. The Balaban J connectivity index is 2.49. The number of hydrogen-bond donors (Lipinski definition) is 0. The van der Waals surface area contributed by atoms with Crippen molar-refractivity contribution in [3.8, 4) is 0 Å². The summed E-state index contributed by atoms with van der Waals surface area (Å²) in [5, 5.41) is 0. The second-order valence-corrected chi connectivity index (χ2v) is 4.10. The number of aryl methyl sites for hydroxylation is 1. The van der Waals surface area contributed by atoms with Gasteiger partial charge in [-0.3, -0.25) is 4.79 Å². The van der Waals surface area contributed by atoms with Gasteiger partial charge in [-0.1, -0.05) is 0 Å². The Morgan fingerprint density at radius 1 is 1.23 bits per heavy atom. The summed E-state index contributed by atoms with van der Waals surface area (Å²) in [5.41, 5.74) is 1.94. The van der Waals surface area contributed by atoms with E-state index in [1.807, 2.05) is 0 Å². The van der Waals surface area contributed by atoms with Crippen LogP contribution in [0.4, 0.5) is 4.39 Å². The van der Waals surface area contributed by atoms with Gasteiger partial charge >= 0.3 is 0 Å². The van der Waals surface area contributed by atoms with Crippen molar-refractivity contribution < 1.29 is 9.18 Å². The van der Waals surface area contributed by atoms with Crippen LogP contribution in [0.25, 0.3) is 0 Å². The largest absolute Gasteiger partial charge is 0.299 e. The lowest BCUT2D eigenvalue weighted by molar-refractivity contribution is -0.118. The molecule has 0 radical (unpaired) electrons. The fraction of sp³-hybridized carbons (Fsp3) is 0.300. The third-order valence-corrected chi connectivity index (χ3v) is 2.91. The fourth-order valence-corrected chi connectivity index (χ4v) is 1.99. The summed E-state index contributed by atoms with van der Waals surface area (Å²) < 4.78 is 13.5. The van der Waals surface area contributed by atoms with Crippen LogP contribution in [0.2, 0.25) is 0 Å². The van der Waals surface area contributed by atoms with E-state index < -0.39 is 0 Å². The van der Waals surface area contributed by atoms with Gasteiger partial charge in [0.15, 0.2) is 0 Å². The molecule has 0 amide bonds. The smallest absolute Gasteiger partial charge is 0.137 e. The average molecular weight is 243 g/mol. The van der Waals surface area contributed by atoms with E-state index in [1.54, 1.807) is 6.07 Å². The standard InChI is InChI=1S/C10H8BrFO/c11-9-4-7-3-8(13)2-1-6(7)5-10(9)12/h4-5H,1-3H2. The van der Waals surface area contributed by atoms with Crippen LogP contribution in [-0.2, 0) is 17.6 Å². The summed E-state index contributed by atoms with van der Waals surface area (Å²) in [5.74, 6) is -0.000827. The van der Waals surface area contributed by atoms with E-state index in [-0.39, 0.29) is 11.6 Å². The van der Waals surface area contributed by atoms with Crippen molar-refractivity contribution in [1.82, 2.24) is 0 Å². The molecule has 0 heterocycles. The fourth-order valence-electron chi connectivity index (χ4n) is 1.60. The molecule has 2 rings (SSSR count). The molecular formula is C10H8BrFO. The van der Waals surface area contributed by atoms with Crippen LogP contribution in [-0.4, -0.2) is 5.78 Å². The van der Waals surface area contributed by atoms with Crippen LogP contribution in [0.3, 0.4) is 0 Å². The van der Waals surface area contributed by atoms with Crippen molar-refractivity contribution in [2.45, 2.75) is 19.3 Å². The van der Waals surface area contributed by atoms with Gasteiger partial charge < -0.3 is 0 Å². The molecule has 1 aliphatic carbocycles. The van der Waals surface area contributed by atoms with Gasteiger partial charge in [0.2, 0.25) is 0 Å². The first-order valence-electron chi connectivity index (χ1n) is 4.15. The Labute approximate surface area is 84.1 Å². The van der Waals surface area contributed by atoms with Crippen LogP contribution >= 0.6 is 15.9 Å². The van der Waals surface area contributed by atoms with Gasteiger partial charge in [-0.05, 0) is 45.6 Å². The minimum Gasteiger partial charge on any atom is -0.299 e. The number of Topliss-reactive ketones (excluding diaryl/α,β-unsaturated/α-hetero) is 1. The molecule has 0 aliphatic heterocycles. The second-order valence-electron chi connectivity index (χ2n) is 3.25. The third kappa shape index (κ3) is 1.66. The van der Waals surface area contributed by atoms with Crippen molar-refractivity contribution in [3.63, 3.8) is 0 Å². The molecule has 0 saturated heterocycles. The minimum absolute atomic E-state index is 0.242. The molecule has 0 N–H and O–H groups in total. The number of hydrogen-bond acceptors (Lipinski definition) is 1. The zero-order chi connectivity index (χ0) is 9.42. The topological polar surface area (TPSA) is 17.1 Å². The number of fused-ring (bicyclic) bond motifs is 1. The number of carbonyl (C=O) groups is 1. The highest BCUT2D eigenvalue weighted by Gasteiger charge is 2.17. The highest BCUT2D eigenvalue weighted by molar-refractivity contribution is 9.10. The van der Waals surface area contributed by atoms with Gasteiger partial charge in [-0.2, -0.15) is 0 Å². The Morgan fingerprint density at radius 3 is 2.77 bits per heavy atom. The maximum Gasteiger partial charge on any atom is 0.137 e. The zero-order valence-corrected chi connectivity index (χ0v) is 8.53. The molecular weight excluding hydrogens is 235 g/mol. The molecule has 1 nitrogen and oxygen atoms in total. The molecule has 0 bridgehead atoms. The molecule has 0 spiro atoms. The van der Waals surface area contributed by atoms with E-state index in [4.69, 9.17) is 0 Å². The van der Waals surface area contributed by atoms with Gasteiger partial charge in [0.1, 0.15) is 11.6 Å². The van der Waals surface area contributed by atoms with Crippen LogP contribution in [0, 0.1) is 5.82 Å². The van der Waals surface area contributed by atoms with Gasteiger partial charge in [-0.25, -0.2) is 4.39 Å². The number of rotatable bonds is 0. The average Bonchev–Trinajstić information content (AvgIpc) is 2.08. The van der Waals surface area contributed by atoms with E-state index in [1.165, 1.54) is 6.07 Å². The lowest BCUT2D eigenvalue weighted by Gasteiger charge is -2.14. The van der Waals surface area contributed by atoms with E-state index in [0.717, 1.165) is 11.1 Å². The summed E-state index contributed by atoms with van der Waals surface area (Å²) >= 11 is 3.11. The first-order chi connectivity index (χ1) is 6.16. The highest BCUT2D eigenvalue weighted by Crippen LogP contribution is 2.25.